The van der Waals surface area contributed by atoms with Crippen LogP contribution in [-0.4, -0.2) is 90.0 Å². The van der Waals surface area contributed by atoms with Gasteiger partial charge in [-0.05, 0) is 49.2 Å². The first-order valence-corrected chi connectivity index (χ1v) is 16.1. The van der Waals surface area contributed by atoms with E-state index in [-0.39, 0.29) is 47.0 Å². The third-order valence-corrected chi connectivity index (χ3v) is 10.0. The molecule has 10 heteroatoms. The van der Waals surface area contributed by atoms with Crippen LogP contribution in [0.15, 0.2) is 66.7 Å². The van der Waals surface area contributed by atoms with E-state index in [0.717, 1.165) is 42.6 Å². The minimum absolute atomic E-state index is 0. The average molecular weight is 718 g/mol. The van der Waals surface area contributed by atoms with Crippen molar-refractivity contribution in [1.82, 2.24) is 14.7 Å². The zero-order valence-corrected chi connectivity index (χ0v) is 29.7. The van der Waals surface area contributed by atoms with E-state index in [1.54, 1.807) is 6.07 Å². The first-order chi connectivity index (χ1) is 20.9. The van der Waals surface area contributed by atoms with Crippen LogP contribution in [-0.2, 0) is 11.3 Å². The van der Waals surface area contributed by atoms with Crippen LogP contribution in [0.4, 0.5) is 0 Å². The van der Waals surface area contributed by atoms with E-state index in [9.17, 15) is 9.59 Å². The number of carbonyl (C=O) groups is 2. The van der Waals surface area contributed by atoms with Crippen LogP contribution < -0.4 is 22.7 Å². The molecule has 0 radical (unpaired) electrons. The van der Waals surface area contributed by atoms with Gasteiger partial charge < -0.3 is 37.0 Å². The Hall–Kier alpha value is -2.46. The van der Waals surface area contributed by atoms with Crippen LogP contribution in [0.25, 0.3) is 0 Å². The Labute approximate surface area is 288 Å². The van der Waals surface area contributed by atoms with Gasteiger partial charge in [0.05, 0.1) is 42.4 Å². The molecule has 7 nitrogen and oxygen atoms in total. The molecule has 3 atom stereocenters. The number of benzene rings is 3. The minimum atomic E-state index is -0.337. The van der Waals surface area contributed by atoms with E-state index in [4.69, 9.17) is 28.9 Å². The molecule has 242 valence electrons. The molecule has 3 unspecified atom stereocenters. The van der Waals surface area contributed by atoms with Gasteiger partial charge in [-0.2, -0.15) is 0 Å². The highest BCUT2D eigenvalue weighted by atomic mass is 79.9. The summed E-state index contributed by atoms with van der Waals surface area (Å²) in [7, 11) is 4.27. The predicted octanol–water partition coefficient (Wildman–Crippen LogP) is 2.67. The van der Waals surface area contributed by atoms with E-state index in [0.29, 0.717) is 46.3 Å². The molecule has 2 amide bonds. The van der Waals surface area contributed by atoms with Crippen molar-refractivity contribution in [1.29, 1.82) is 0 Å². The highest BCUT2D eigenvalue weighted by Gasteiger charge is 2.41. The second-order valence-corrected chi connectivity index (χ2v) is 13.9. The summed E-state index contributed by atoms with van der Waals surface area (Å²) < 4.78 is 0.557. The van der Waals surface area contributed by atoms with Crippen molar-refractivity contribution in [2.45, 2.75) is 51.5 Å². The fraction of sp³-hybridized carbons (Fsp3) is 0.429. The van der Waals surface area contributed by atoms with Crippen molar-refractivity contribution in [3.05, 3.63) is 105 Å². The van der Waals surface area contributed by atoms with Crippen LogP contribution in [0, 0.1) is 13.8 Å². The Kier molecular flexibility index (Phi) is 11.8. The minimum Gasteiger partial charge on any atom is -1.00 e. The molecule has 2 aliphatic rings. The lowest BCUT2D eigenvalue weighted by atomic mass is 9.97. The Morgan fingerprint density at radius 1 is 0.911 bits per heavy atom. The molecule has 0 aromatic heterocycles. The molecule has 2 heterocycles. The van der Waals surface area contributed by atoms with Gasteiger partial charge >= 0.3 is 0 Å². The molecule has 2 fully saturated rings. The summed E-state index contributed by atoms with van der Waals surface area (Å²) in [5.41, 5.74) is 11.6. The number of likely N-dealkylation sites (tertiary alicyclic amines) is 1. The summed E-state index contributed by atoms with van der Waals surface area (Å²) in [6.45, 7) is 7.35. The van der Waals surface area contributed by atoms with E-state index in [1.807, 2.05) is 54.0 Å². The van der Waals surface area contributed by atoms with Crippen molar-refractivity contribution in [2.75, 3.05) is 46.8 Å². The fourth-order valence-electron chi connectivity index (χ4n) is 6.80. The number of rotatable bonds is 7. The number of carbonyl (C=O) groups excluding carboxylic acids is 2. The molecule has 45 heavy (non-hydrogen) atoms. The molecule has 3 aromatic rings. The van der Waals surface area contributed by atoms with Crippen LogP contribution >= 0.6 is 23.2 Å². The van der Waals surface area contributed by atoms with Crippen molar-refractivity contribution < 1.29 is 31.1 Å². The summed E-state index contributed by atoms with van der Waals surface area (Å²) in [6.07, 6.45) is 1.72. The molecule has 0 bridgehead atoms. The van der Waals surface area contributed by atoms with Gasteiger partial charge in [-0.3, -0.25) is 14.5 Å². The lowest BCUT2D eigenvalue weighted by Gasteiger charge is -2.47. The van der Waals surface area contributed by atoms with Gasteiger partial charge in [0, 0.05) is 51.1 Å². The van der Waals surface area contributed by atoms with Gasteiger partial charge in [0.25, 0.3) is 11.8 Å². The van der Waals surface area contributed by atoms with Crippen molar-refractivity contribution in [2.24, 2.45) is 5.73 Å². The zero-order chi connectivity index (χ0) is 31.6. The van der Waals surface area contributed by atoms with Gasteiger partial charge in [0.1, 0.15) is 0 Å². The number of nitrogens with two attached hydrogens (primary N) is 1. The molecule has 2 N–H and O–H groups in total. The molecule has 0 saturated carbocycles. The van der Waals surface area contributed by atoms with Crippen molar-refractivity contribution in [3.63, 3.8) is 0 Å². The summed E-state index contributed by atoms with van der Waals surface area (Å²) >= 11 is 12.7. The number of hydrogen-bond acceptors (Lipinski definition) is 4. The summed E-state index contributed by atoms with van der Waals surface area (Å²) in [6, 6.07) is 21.7. The van der Waals surface area contributed by atoms with Gasteiger partial charge in [-0.1, -0.05) is 76.8 Å². The topological polar surface area (TPSA) is 69.9 Å². The molecule has 2 saturated heterocycles. The number of halogens is 3. The number of likely N-dealkylation sites (N-methyl/N-ethyl adjacent to an activating group) is 1. The van der Waals surface area contributed by atoms with Gasteiger partial charge in [0.15, 0.2) is 6.54 Å². The molecule has 0 aliphatic carbocycles. The quantitative estimate of drug-likeness (QED) is 0.382. The second-order valence-electron chi connectivity index (χ2n) is 13.0. The summed E-state index contributed by atoms with van der Waals surface area (Å²) in [5, 5.41) is 0.890. The highest BCUT2D eigenvalue weighted by Crippen LogP contribution is 2.32. The summed E-state index contributed by atoms with van der Waals surface area (Å²) in [5.74, 6) is 0.0335. The molecular weight excluding hydrogens is 673 g/mol. The number of nitrogens with zero attached hydrogens (tertiary/aromatic N) is 4. The standard InChI is InChI=1S/C35H44Cl2N5O2.BrH/c1-24-16-25(2)18-28(17-24)35(44)40-14-15-41(32(22-40)27-10-11-30(36)31(37)19-27)34(43)23-42(3,4)29-12-13-39(33(38)20-29)21-26-8-6-5-7-9-26;/h5-11,16-19,29,32-33H,12-15,20-23,38H2,1-4H3;1H/q+1;/p-1. The Balaban J connectivity index is 0.00000461. The monoisotopic (exact) mass is 715 g/mol. The normalized spacial score (nSPS) is 20.9. The van der Waals surface area contributed by atoms with Crippen molar-refractivity contribution >= 4 is 35.0 Å². The first kappa shape index (κ1) is 35.4. The largest absolute Gasteiger partial charge is 1.00 e. The van der Waals surface area contributed by atoms with E-state index < -0.39 is 0 Å². The van der Waals surface area contributed by atoms with Gasteiger partial charge in [0.2, 0.25) is 0 Å². The number of piperazine rings is 1. The molecular formula is C35H44BrCl2N5O2. The van der Waals surface area contributed by atoms with Crippen LogP contribution in [0.5, 0.6) is 0 Å². The maximum Gasteiger partial charge on any atom is 0.278 e. The molecule has 5 rings (SSSR count). The second kappa shape index (κ2) is 15.0. The van der Waals surface area contributed by atoms with E-state index in [2.05, 4.69) is 49.3 Å². The number of quaternary nitrogens is 1. The number of amides is 2. The van der Waals surface area contributed by atoms with Gasteiger partial charge in [-0.15, -0.1) is 0 Å². The lowest BCUT2D eigenvalue weighted by molar-refractivity contribution is -0.909. The summed E-state index contributed by atoms with van der Waals surface area (Å²) in [4.78, 5) is 33.9. The van der Waals surface area contributed by atoms with Crippen LogP contribution in [0.3, 0.4) is 0 Å². The van der Waals surface area contributed by atoms with Crippen LogP contribution in [0.1, 0.15) is 51.5 Å². The first-order valence-electron chi connectivity index (χ1n) is 15.4. The Morgan fingerprint density at radius 3 is 2.24 bits per heavy atom. The smallest absolute Gasteiger partial charge is 0.278 e. The third kappa shape index (κ3) is 8.47. The number of piperidine rings is 1. The maximum atomic E-state index is 14.1. The predicted molar refractivity (Wildman–Crippen MR) is 178 cm³/mol. The number of aryl methyl sites for hydroxylation is 2. The molecule has 3 aromatic carbocycles. The Morgan fingerprint density at radius 2 is 1.60 bits per heavy atom. The Bertz CT molecular complexity index is 1480. The molecule has 0 spiro atoms. The van der Waals surface area contributed by atoms with Gasteiger partial charge in [-0.25, -0.2) is 0 Å². The average Bonchev–Trinajstić information content (AvgIpc) is 2.98. The molecule has 2 aliphatic heterocycles. The maximum absolute atomic E-state index is 14.1. The highest BCUT2D eigenvalue weighted by molar-refractivity contribution is 6.42. The fourth-order valence-corrected chi connectivity index (χ4v) is 7.10. The SMILES string of the molecule is Cc1cc(C)cc(C(=O)N2CCN(C(=O)C[N+](C)(C)C3CCN(Cc4ccccc4)C(N)C3)C(c3ccc(Cl)c(Cl)c3)C2)c1.[Br-]. The lowest BCUT2D eigenvalue weighted by Crippen LogP contribution is -3.00. The van der Waals surface area contributed by atoms with E-state index in [1.165, 1.54) is 5.56 Å². The van der Waals surface area contributed by atoms with E-state index >= 15 is 0 Å². The number of hydrogen-bond donors (Lipinski definition) is 1. The zero-order valence-electron chi connectivity index (χ0n) is 26.6. The van der Waals surface area contributed by atoms with Crippen LogP contribution in [0.2, 0.25) is 10.0 Å². The third-order valence-electron chi connectivity index (χ3n) is 9.28. The van der Waals surface area contributed by atoms with Crippen molar-refractivity contribution in [3.8, 4) is 0 Å².